The number of nitrogens with zero attached hydrogens (tertiary/aromatic N) is 1. The minimum atomic E-state index is -0.344. The Kier molecular flexibility index (Phi) is 3.12. The number of hydrogen-bond acceptors (Lipinski definition) is 1. The lowest BCUT2D eigenvalue weighted by atomic mass is 10.2. The Morgan fingerprint density at radius 1 is 1.89 bits per heavy atom. The highest BCUT2D eigenvalue weighted by Gasteiger charge is 2.08. The van der Waals surface area contributed by atoms with Gasteiger partial charge in [-0.3, -0.25) is 0 Å². The second-order valence-corrected chi connectivity index (χ2v) is 1.66. The smallest absolute Gasteiger partial charge is 0.200 e. The molecule has 9 heavy (non-hydrogen) atoms. The number of rotatable bonds is 2. The van der Waals surface area contributed by atoms with Crippen LogP contribution in [0.2, 0.25) is 0 Å². The van der Waals surface area contributed by atoms with Crippen LogP contribution in [0.4, 0.5) is 0 Å². The molecule has 0 radical (unpaired) electrons. The average Bonchev–Trinajstić information content (AvgIpc) is 1.87. The van der Waals surface area contributed by atoms with Crippen molar-refractivity contribution in [2.45, 2.75) is 13.3 Å². The number of hydrogen-bond donors (Lipinski definition) is 0. The predicted octanol–water partition coefficient (Wildman–Crippen LogP) is 1.60. The monoisotopic (exact) mass is 122 g/mol. The molecule has 0 heterocycles. The quantitative estimate of drug-likeness (QED) is 0.510. The molecule has 0 spiro atoms. The van der Waals surface area contributed by atoms with E-state index in [0.29, 0.717) is 0 Å². The van der Waals surface area contributed by atoms with Crippen molar-refractivity contribution in [3.8, 4) is 6.57 Å². The van der Waals surface area contributed by atoms with E-state index in [2.05, 4.69) is 23.7 Å². The van der Waals surface area contributed by atoms with Gasteiger partial charge in [0.1, 0.15) is 6.42 Å². The Labute approximate surface area is 54.3 Å². The first-order chi connectivity index (χ1) is 4.20. The Morgan fingerprint density at radius 2 is 2.44 bits per heavy atom. The second-order valence-electron chi connectivity index (χ2n) is 1.66. The van der Waals surface area contributed by atoms with E-state index in [9.17, 15) is 4.79 Å². The number of carbonyl (C=O) groups is 1. The van der Waals surface area contributed by atoms with Crippen LogP contribution in [-0.4, -0.2) is 5.91 Å². The molecule has 0 aliphatic carbocycles. The fraction of sp³-hybridized carbons (Fsp3) is 0.286. The fourth-order valence-electron chi connectivity index (χ4n) is 0.335. The highest BCUT2D eigenvalue weighted by molar-refractivity contribution is 5.87. The Bertz CT molecular complexity index is 203. The highest BCUT2D eigenvalue weighted by atomic mass is 16.1. The van der Waals surface area contributed by atoms with Gasteiger partial charge < -0.3 is 0 Å². The van der Waals surface area contributed by atoms with E-state index in [0.717, 1.165) is 5.57 Å². The van der Waals surface area contributed by atoms with Crippen LogP contribution in [0.1, 0.15) is 13.3 Å². The van der Waals surface area contributed by atoms with Crippen LogP contribution < -0.4 is 0 Å². The summed E-state index contributed by atoms with van der Waals surface area (Å²) in [4.78, 5) is 13.3. The maximum absolute atomic E-state index is 10.4. The molecule has 0 saturated carbocycles. The van der Waals surface area contributed by atoms with E-state index >= 15 is 0 Å². The van der Waals surface area contributed by atoms with E-state index in [1.54, 1.807) is 6.92 Å². The van der Waals surface area contributed by atoms with Crippen LogP contribution in [-0.2, 0) is 4.79 Å². The van der Waals surface area contributed by atoms with E-state index in [1.165, 1.54) is 0 Å². The molecule has 2 heteroatoms. The van der Waals surface area contributed by atoms with Gasteiger partial charge in [0.15, 0.2) is 0 Å². The standard InChI is InChI=1S/C7H8NO/c1-4-6(2)5-7(9)8-3/h3H,1,5H2,2H3/q+1. The van der Waals surface area contributed by atoms with E-state index < -0.39 is 0 Å². The summed E-state index contributed by atoms with van der Waals surface area (Å²) in [6, 6.07) is 0. The first kappa shape index (κ1) is 7.68. The summed E-state index contributed by atoms with van der Waals surface area (Å²) in [5.74, 6) is -0.344. The largest absolute Gasteiger partial charge is 0.519 e. The van der Waals surface area contributed by atoms with Crippen molar-refractivity contribution in [2.24, 2.45) is 0 Å². The minimum absolute atomic E-state index is 0.222. The van der Waals surface area contributed by atoms with Crippen LogP contribution >= 0.6 is 0 Å². The fourth-order valence-corrected chi connectivity index (χ4v) is 0.335. The first-order valence-corrected chi connectivity index (χ1v) is 2.50. The van der Waals surface area contributed by atoms with Gasteiger partial charge in [0, 0.05) is 4.85 Å². The van der Waals surface area contributed by atoms with Crippen LogP contribution in [0.25, 0.3) is 4.85 Å². The molecule has 0 bridgehead atoms. The lowest BCUT2D eigenvalue weighted by Gasteiger charge is -1.79. The van der Waals surface area contributed by atoms with Crippen molar-refractivity contribution in [1.82, 2.24) is 0 Å². The summed E-state index contributed by atoms with van der Waals surface area (Å²) >= 11 is 0. The molecule has 0 saturated heterocycles. The highest BCUT2D eigenvalue weighted by Crippen LogP contribution is 1.97. The Balaban J connectivity index is 3.93. The van der Waals surface area contributed by atoms with Crippen molar-refractivity contribution in [3.63, 3.8) is 0 Å². The van der Waals surface area contributed by atoms with Gasteiger partial charge in [0.05, 0.1) is 0 Å². The summed E-state index contributed by atoms with van der Waals surface area (Å²) in [6.07, 6.45) is 0.222. The molecule has 0 aromatic heterocycles. The second kappa shape index (κ2) is 3.65. The lowest BCUT2D eigenvalue weighted by Crippen LogP contribution is -1.88. The first-order valence-electron chi connectivity index (χ1n) is 2.50. The summed E-state index contributed by atoms with van der Waals surface area (Å²) in [5, 5.41) is 0. The number of carbonyl (C=O) groups excluding carboxylic acids is 1. The maximum Gasteiger partial charge on any atom is 0.519 e. The summed E-state index contributed by atoms with van der Waals surface area (Å²) in [5.41, 5.74) is 3.32. The number of amides is 1. The van der Waals surface area contributed by atoms with Crippen LogP contribution in [0, 0.1) is 6.57 Å². The van der Waals surface area contributed by atoms with E-state index in [1.807, 2.05) is 0 Å². The topological polar surface area (TPSA) is 21.4 Å². The molecule has 2 nitrogen and oxygen atoms in total. The van der Waals surface area contributed by atoms with Gasteiger partial charge in [-0.1, -0.05) is 6.58 Å². The van der Waals surface area contributed by atoms with Crippen molar-refractivity contribution in [3.05, 3.63) is 22.7 Å². The molecule has 46 valence electrons. The van der Waals surface area contributed by atoms with Gasteiger partial charge in [-0.25, -0.2) is 4.79 Å². The maximum atomic E-state index is 10.4. The Morgan fingerprint density at radius 3 is 2.78 bits per heavy atom. The third-order valence-corrected chi connectivity index (χ3v) is 0.862. The normalized spacial score (nSPS) is 7.11. The Hall–Kier alpha value is -1.32. The molecular formula is C7H8NO+. The third-order valence-electron chi connectivity index (χ3n) is 0.862. The molecule has 0 aromatic carbocycles. The van der Waals surface area contributed by atoms with Crippen molar-refractivity contribution >= 4 is 5.91 Å². The van der Waals surface area contributed by atoms with Crippen molar-refractivity contribution < 1.29 is 4.79 Å². The van der Waals surface area contributed by atoms with Gasteiger partial charge in [-0.2, -0.15) is 0 Å². The molecule has 0 unspecified atom stereocenters. The van der Waals surface area contributed by atoms with Crippen LogP contribution in [0.5, 0.6) is 0 Å². The molecule has 0 fully saturated rings. The van der Waals surface area contributed by atoms with Gasteiger partial charge in [-0.15, -0.1) is 5.73 Å². The molecule has 0 atom stereocenters. The van der Waals surface area contributed by atoms with Gasteiger partial charge in [-0.05, 0) is 12.5 Å². The SMILES string of the molecule is C#[N+]C(=O)CC(C)=C=C. The zero-order chi connectivity index (χ0) is 7.28. The summed E-state index contributed by atoms with van der Waals surface area (Å²) < 4.78 is 0. The van der Waals surface area contributed by atoms with E-state index in [4.69, 9.17) is 0 Å². The van der Waals surface area contributed by atoms with Crippen molar-refractivity contribution in [1.29, 1.82) is 0 Å². The molecule has 0 aliphatic rings. The minimum Gasteiger partial charge on any atom is -0.200 e. The van der Waals surface area contributed by atoms with E-state index in [-0.39, 0.29) is 12.3 Å². The third kappa shape index (κ3) is 3.28. The zero-order valence-electron chi connectivity index (χ0n) is 5.35. The average molecular weight is 122 g/mol. The summed E-state index contributed by atoms with van der Waals surface area (Å²) in [6.45, 7) is 9.79. The molecular weight excluding hydrogens is 114 g/mol. The van der Waals surface area contributed by atoms with Gasteiger partial charge in [0.25, 0.3) is 6.57 Å². The molecule has 0 aliphatic heterocycles. The van der Waals surface area contributed by atoms with Crippen LogP contribution in [0.15, 0.2) is 17.9 Å². The summed E-state index contributed by atoms with van der Waals surface area (Å²) in [7, 11) is 0. The van der Waals surface area contributed by atoms with Gasteiger partial charge in [0.2, 0.25) is 0 Å². The molecule has 0 N–H and O–H groups in total. The predicted molar refractivity (Wildman–Crippen MR) is 36.3 cm³/mol. The molecule has 1 amide bonds. The lowest BCUT2D eigenvalue weighted by molar-refractivity contribution is -0.114. The zero-order valence-corrected chi connectivity index (χ0v) is 5.35. The van der Waals surface area contributed by atoms with Crippen molar-refractivity contribution in [2.75, 3.05) is 0 Å². The van der Waals surface area contributed by atoms with Gasteiger partial charge >= 0.3 is 5.91 Å². The van der Waals surface area contributed by atoms with Crippen LogP contribution in [0.3, 0.4) is 0 Å². The molecule has 0 rings (SSSR count). The molecule has 0 aromatic rings.